The van der Waals surface area contributed by atoms with E-state index in [2.05, 4.69) is 11.4 Å². The average Bonchev–Trinajstić information content (AvgIpc) is 3.11. The average molecular weight is 429 g/mol. The lowest BCUT2D eigenvalue weighted by atomic mass is 10.0. The first-order chi connectivity index (χ1) is 15.0. The van der Waals surface area contributed by atoms with Crippen LogP contribution in [0, 0.1) is 0 Å². The lowest BCUT2D eigenvalue weighted by Gasteiger charge is -2.18. The number of nitrogens with one attached hydrogen (secondary N) is 1. The Morgan fingerprint density at radius 3 is 2.35 bits per heavy atom. The van der Waals surface area contributed by atoms with Crippen LogP contribution >= 0.6 is 11.8 Å². The van der Waals surface area contributed by atoms with Crippen LogP contribution in [-0.2, 0) is 11.3 Å². The lowest BCUT2D eigenvalue weighted by molar-refractivity contribution is -0.115. The summed E-state index contributed by atoms with van der Waals surface area (Å²) in [5.74, 6) is -0.378. The number of carbonyl (C=O) groups excluding carboxylic acids is 3. The Bertz CT molecular complexity index is 1170. The number of hydrogen-bond donors (Lipinski definition) is 1. The highest BCUT2D eigenvalue weighted by molar-refractivity contribution is 8.18. The monoisotopic (exact) mass is 428 g/mol. The Hall–Kier alpha value is -3.64. The van der Waals surface area contributed by atoms with Crippen molar-refractivity contribution in [1.29, 1.82) is 0 Å². The summed E-state index contributed by atoms with van der Waals surface area (Å²) < 4.78 is 0. The van der Waals surface area contributed by atoms with E-state index in [1.54, 1.807) is 18.0 Å². The van der Waals surface area contributed by atoms with Gasteiger partial charge in [-0.2, -0.15) is 0 Å². The fourth-order valence-corrected chi connectivity index (χ4v) is 4.02. The van der Waals surface area contributed by atoms with Gasteiger partial charge in [-0.25, -0.2) is 0 Å². The summed E-state index contributed by atoms with van der Waals surface area (Å²) >= 11 is 0.907. The van der Waals surface area contributed by atoms with E-state index < -0.39 is 0 Å². The second-order valence-corrected chi connectivity index (χ2v) is 8.22. The third kappa shape index (κ3) is 4.92. The minimum atomic E-state index is -0.360. The van der Waals surface area contributed by atoms with Crippen LogP contribution in [-0.4, -0.2) is 29.0 Å². The maximum absolute atomic E-state index is 12.6. The van der Waals surface area contributed by atoms with Crippen LogP contribution < -0.4 is 5.32 Å². The number of thioether (sulfide) groups is 1. The molecule has 6 heteroatoms. The largest absolute Gasteiger partial charge is 0.337 e. The molecule has 0 aliphatic carbocycles. The van der Waals surface area contributed by atoms with Crippen molar-refractivity contribution in [1.82, 2.24) is 10.2 Å². The van der Waals surface area contributed by atoms with Gasteiger partial charge >= 0.3 is 0 Å². The van der Waals surface area contributed by atoms with Crippen molar-refractivity contribution >= 4 is 34.9 Å². The molecule has 3 aromatic rings. The van der Waals surface area contributed by atoms with Gasteiger partial charge in [-0.3, -0.25) is 19.7 Å². The van der Waals surface area contributed by atoms with Crippen LogP contribution in [0.15, 0.2) is 83.8 Å². The van der Waals surface area contributed by atoms with E-state index in [0.717, 1.165) is 34.0 Å². The van der Waals surface area contributed by atoms with Crippen LogP contribution in [0.5, 0.6) is 0 Å². The number of benzene rings is 3. The molecule has 0 radical (unpaired) electrons. The standard InChI is InChI=1S/C25H20N2O3S/c1-27(24(29)20-7-3-2-4-8-20)16-18-6-5-9-21(14-18)19-12-10-17(11-13-19)15-22-23(28)26-25(30)31-22/h2-15H,16H2,1H3,(H,26,28,30). The fraction of sp³-hybridized carbons (Fsp3) is 0.0800. The van der Waals surface area contributed by atoms with E-state index in [4.69, 9.17) is 0 Å². The second-order valence-electron chi connectivity index (χ2n) is 7.20. The zero-order valence-corrected chi connectivity index (χ0v) is 17.7. The Labute approximate surface area is 184 Å². The molecule has 1 N–H and O–H groups in total. The Kier molecular flexibility index (Phi) is 6.00. The highest BCUT2D eigenvalue weighted by atomic mass is 32.2. The molecule has 0 atom stereocenters. The Balaban J connectivity index is 1.48. The summed E-state index contributed by atoms with van der Waals surface area (Å²) in [6, 6.07) is 25.1. The normalized spacial score (nSPS) is 14.5. The van der Waals surface area contributed by atoms with Crippen molar-refractivity contribution in [3.63, 3.8) is 0 Å². The molecule has 1 aliphatic rings. The van der Waals surface area contributed by atoms with Crippen LogP contribution in [0.1, 0.15) is 21.5 Å². The number of nitrogens with zero attached hydrogens (tertiary/aromatic N) is 1. The number of amides is 3. The van der Waals surface area contributed by atoms with Gasteiger partial charge in [-0.05, 0) is 58.3 Å². The molecule has 1 saturated heterocycles. The molecular weight excluding hydrogens is 408 g/mol. The van der Waals surface area contributed by atoms with Gasteiger partial charge in [0.2, 0.25) is 0 Å². The SMILES string of the molecule is CN(Cc1cccc(-c2ccc(C=C3SC(=O)NC3=O)cc2)c1)C(=O)c1ccccc1. The second kappa shape index (κ2) is 9.02. The smallest absolute Gasteiger partial charge is 0.290 e. The zero-order valence-electron chi connectivity index (χ0n) is 16.9. The van der Waals surface area contributed by atoms with Crippen molar-refractivity contribution in [2.45, 2.75) is 6.54 Å². The molecule has 0 unspecified atom stereocenters. The van der Waals surface area contributed by atoms with E-state index in [1.807, 2.05) is 72.8 Å². The Morgan fingerprint density at radius 1 is 0.935 bits per heavy atom. The maximum atomic E-state index is 12.6. The van der Waals surface area contributed by atoms with E-state index >= 15 is 0 Å². The number of rotatable bonds is 5. The highest BCUT2D eigenvalue weighted by Gasteiger charge is 2.24. The van der Waals surface area contributed by atoms with Gasteiger partial charge in [-0.1, -0.05) is 60.7 Å². The first-order valence-corrected chi connectivity index (χ1v) is 10.6. The topological polar surface area (TPSA) is 66.5 Å². The summed E-state index contributed by atoms with van der Waals surface area (Å²) in [6.45, 7) is 0.506. The molecule has 0 spiro atoms. The lowest BCUT2D eigenvalue weighted by Crippen LogP contribution is -2.26. The van der Waals surface area contributed by atoms with Crippen LogP contribution in [0.2, 0.25) is 0 Å². The number of carbonyl (C=O) groups is 3. The predicted molar refractivity (Wildman–Crippen MR) is 123 cm³/mol. The highest BCUT2D eigenvalue weighted by Crippen LogP contribution is 2.27. The van der Waals surface area contributed by atoms with Gasteiger partial charge in [0.25, 0.3) is 17.1 Å². The van der Waals surface area contributed by atoms with Crippen LogP contribution in [0.4, 0.5) is 4.79 Å². The Morgan fingerprint density at radius 2 is 1.68 bits per heavy atom. The summed E-state index contributed by atoms with van der Waals surface area (Å²) in [5, 5.41) is 1.91. The number of imide groups is 1. The first kappa shape index (κ1) is 20.6. The minimum absolute atomic E-state index is 0.0179. The number of hydrogen-bond acceptors (Lipinski definition) is 4. The molecule has 1 heterocycles. The van der Waals surface area contributed by atoms with Crippen molar-refractivity contribution < 1.29 is 14.4 Å². The third-order valence-electron chi connectivity index (χ3n) is 4.90. The van der Waals surface area contributed by atoms with Gasteiger partial charge in [0.1, 0.15) is 0 Å². The molecule has 31 heavy (non-hydrogen) atoms. The minimum Gasteiger partial charge on any atom is -0.337 e. The van der Waals surface area contributed by atoms with E-state index in [-0.39, 0.29) is 17.1 Å². The van der Waals surface area contributed by atoms with Gasteiger partial charge in [0, 0.05) is 19.2 Å². The van der Waals surface area contributed by atoms with E-state index in [0.29, 0.717) is 17.0 Å². The first-order valence-electron chi connectivity index (χ1n) is 9.74. The third-order valence-corrected chi connectivity index (χ3v) is 5.71. The van der Waals surface area contributed by atoms with Crippen molar-refractivity contribution in [3.05, 3.63) is 100 Å². The van der Waals surface area contributed by atoms with E-state index in [1.165, 1.54) is 0 Å². The van der Waals surface area contributed by atoms with Crippen LogP contribution in [0.3, 0.4) is 0 Å². The van der Waals surface area contributed by atoms with Crippen molar-refractivity contribution in [3.8, 4) is 11.1 Å². The fourth-order valence-electron chi connectivity index (χ4n) is 3.34. The van der Waals surface area contributed by atoms with Gasteiger partial charge in [-0.15, -0.1) is 0 Å². The van der Waals surface area contributed by atoms with E-state index in [9.17, 15) is 14.4 Å². The van der Waals surface area contributed by atoms with Crippen molar-refractivity contribution in [2.24, 2.45) is 0 Å². The molecule has 5 nitrogen and oxygen atoms in total. The summed E-state index contributed by atoms with van der Waals surface area (Å²) in [4.78, 5) is 37.7. The molecule has 154 valence electrons. The molecule has 0 saturated carbocycles. The summed E-state index contributed by atoms with van der Waals surface area (Å²) in [7, 11) is 1.80. The molecule has 3 amide bonds. The summed E-state index contributed by atoms with van der Waals surface area (Å²) in [6.07, 6.45) is 1.70. The summed E-state index contributed by atoms with van der Waals surface area (Å²) in [5.41, 5.74) is 4.62. The van der Waals surface area contributed by atoms with Crippen LogP contribution in [0.25, 0.3) is 17.2 Å². The quantitative estimate of drug-likeness (QED) is 0.584. The molecule has 0 bridgehead atoms. The molecular formula is C25H20N2O3S. The maximum Gasteiger partial charge on any atom is 0.290 e. The van der Waals surface area contributed by atoms with Gasteiger partial charge in [0.05, 0.1) is 4.91 Å². The van der Waals surface area contributed by atoms with Crippen molar-refractivity contribution in [2.75, 3.05) is 7.05 Å². The predicted octanol–water partition coefficient (Wildman–Crippen LogP) is 4.95. The van der Waals surface area contributed by atoms with Gasteiger partial charge < -0.3 is 4.90 Å². The zero-order chi connectivity index (χ0) is 21.8. The molecule has 3 aromatic carbocycles. The molecule has 4 rings (SSSR count). The molecule has 1 fully saturated rings. The molecule has 1 aliphatic heterocycles. The molecule has 0 aromatic heterocycles. The van der Waals surface area contributed by atoms with Gasteiger partial charge in [0.15, 0.2) is 0 Å².